The van der Waals surface area contributed by atoms with Crippen LogP contribution in [0.5, 0.6) is 5.88 Å². The maximum Gasteiger partial charge on any atom is 0.388 e. The fraction of sp³-hybridized carbons (Fsp3) is 0.200. The molecule has 6 heteroatoms. The van der Waals surface area contributed by atoms with Gasteiger partial charge < -0.3 is 4.74 Å². The molecule has 0 fully saturated rings. The Bertz CT molecular complexity index is 246. The highest BCUT2D eigenvalue weighted by Crippen LogP contribution is 2.09. The van der Waals surface area contributed by atoms with Crippen LogP contribution in [0.4, 0.5) is 8.78 Å². The SMILES string of the molecule is FC(F)Oc1cncc(I)n1. The molecule has 0 atom stereocenters. The van der Waals surface area contributed by atoms with E-state index in [1.165, 1.54) is 6.20 Å². The highest BCUT2D eigenvalue weighted by Gasteiger charge is 2.04. The van der Waals surface area contributed by atoms with Gasteiger partial charge in [-0.3, -0.25) is 4.98 Å². The third-order valence-electron chi connectivity index (χ3n) is 0.793. The van der Waals surface area contributed by atoms with Gasteiger partial charge in [-0.1, -0.05) is 0 Å². The predicted octanol–water partition coefficient (Wildman–Crippen LogP) is 1.68. The Morgan fingerprint density at radius 3 is 2.73 bits per heavy atom. The molecule has 0 saturated heterocycles. The normalized spacial score (nSPS) is 10.2. The molecular weight excluding hydrogens is 269 g/mol. The molecule has 0 bridgehead atoms. The summed E-state index contributed by atoms with van der Waals surface area (Å²) in [5.41, 5.74) is 0. The molecule has 1 rings (SSSR count). The van der Waals surface area contributed by atoms with Crippen molar-refractivity contribution < 1.29 is 13.5 Å². The molecule has 0 amide bonds. The molecule has 1 aromatic rings. The van der Waals surface area contributed by atoms with Crippen LogP contribution in [0, 0.1) is 3.70 Å². The van der Waals surface area contributed by atoms with Gasteiger partial charge in [0.05, 0.1) is 12.4 Å². The zero-order valence-electron chi connectivity index (χ0n) is 5.17. The first kappa shape index (κ1) is 8.57. The molecule has 1 heterocycles. The van der Waals surface area contributed by atoms with E-state index in [0.717, 1.165) is 6.20 Å². The topological polar surface area (TPSA) is 35.0 Å². The highest BCUT2D eigenvalue weighted by molar-refractivity contribution is 14.1. The Morgan fingerprint density at radius 1 is 1.45 bits per heavy atom. The lowest BCUT2D eigenvalue weighted by atomic mass is 10.7. The van der Waals surface area contributed by atoms with Crippen molar-refractivity contribution in [2.45, 2.75) is 6.61 Å². The third kappa shape index (κ3) is 2.91. The number of nitrogens with zero attached hydrogens (tertiary/aromatic N) is 2. The van der Waals surface area contributed by atoms with E-state index in [1.807, 2.05) is 22.6 Å². The number of rotatable bonds is 2. The van der Waals surface area contributed by atoms with Crippen molar-refractivity contribution >= 4 is 22.6 Å². The molecule has 1 aromatic heterocycles. The summed E-state index contributed by atoms with van der Waals surface area (Å²) in [5.74, 6) is -0.160. The van der Waals surface area contributed by atoms with Crippen LogP contribution in [-0.2, 0) is 0 Å². The molecule has 0 N–H and O–H groups in total. The highest BCUT2D eigenvalue weighted by atomic mass is 127. The van der Waals surface area contributed by atoms with E-state index >= 15 is 0 Å². The van der Waals surface area contributed by atoms with E-state index in [2.05, 4.69) is 14.7 Å². The number of ether oxygens (including phenoxy) is 1. The van der Waals surface area contributed by atoms with Gasteiger partial charge in [0.15, 0.2) is 0 Å². The van der Waals surface area contributed by atoms with Crippen LogP contribution >= 0.6 is 22.6 Å². The van der Waals surface area contributed by atoms with Crippen LogP contribution in [0.15, 0.2) is 12.4 Å². The van der Waals surface area contributed by atoms with E-state index in [4.69, 9.17) is 0 Å². The zero-order valence-corrected chi connectivity index (χ0v) is 7.33. The number of alkyl halides is 2. The number of hydrogen-bond donors (Lipinski definition) is 0. The van der Waals surface area contributed by atoms with E-state index < -0.39 is 6.61 Å². The van der Waals surface area contributed by atoms with Crippen molar-refractivity contribution in [1.29, 1.82) is 0 Å². The summed E-state index contributed by atoms with van der Waals surface area (Å²) in [4.78, 5) is 7.24. The van der Waals surface area contributed by atoms with Gasteiger partial charge in [-0.25, -0.2) is 4.98 Å². The lowest BCUT2D eigenvalue weighted by molar-refractivity contribution is -0.0532. The van der Waals surface area contributed by atoms with E-state index in [9.17, 15) is 8.78 Å². The van der Waals surface area contributed by atoms with Crippen LogP contribution in [0.1, 0.15) is 0 Å². The lowest BCUT2D eigenvalue weighted by Crippen LogP contribution is -2.04. The summed E-state index contributed by atoms with van der Waals surface area (Å²) >= 11 is 1.85. The smallest absolute Gasteiger partial charge is 0.388 e. The Balaban J connectivity index is 2.71. The van der Waals surface area contributed by atoms with Gasteiger partial charge in [-0.2, -0.15) is 8.78 Å². The zero-order chi connectivity index (χ0) is 8.27. The van der Waals surface area contributed by atoms with Gasteiger partial charge in [0.2, 0.25) is 5.88 Å². The summed E-state index contributed by atoms with van der Waals surface area (Å²) in [7, 11) is 0. The molecule has 0 unspecified atom stereocenters. The standard InChI is InChI=1S/C5H3F2IN2O/c6-5(7)11-4-2-9-1-3(8)10-4/h1-2,5H. The molecule has 0 aliphatic carbocycles. The summed E-state index contributed by atoms with van der Waals surface area (Å²) < 4.78 is 27.6. The number of aromatic nitrogens is 2. The summed E-state index contributed by atoms with van der Waals surface area (Å²) in [6.45, 7) is -2.84. The Kier molecular flexibility index (Phi) is 2.92. The first-order chi connectivity index (χ1) is 5.18. The molecule has 0 saturated carbocycles. The molecule has 60 valence electrons. The summed E-state index contributed by atoms with van der Waals surface area (Å²) in [6, 6.07) is 0. The van der Waals surface area contributed by atoms with E-state index in [0.29, 0.717) is 3.70 Å². The number of hydrogen-bond acceptors (Lipinski definition) is 3. The van der Waals surface area contributed by atoms with Crippen LogP contribution in [0.3, 0.4) is 0 Å². The molecule has 0 aromatic carbocycles. The molecule has 3 nitrogen and oxygen atoms in total. The maximum atomic E-state index is 11.6. The van der Waals surface area contributed by atoms with E-state index in [1.54, 1.807) is 0 Å². The minimum absolute atomic E-state index is 0.160. The molecular formula is C5H3F2IN2O. The second kappa shape index (κ2) is 3.74. The minimum atomic E-state index is -2.84. The van der Waals surface area contributed by atoms with Crippen molar-refractivity contribution in [2.75, 3.05) is 0 Å². The second-order valence-electron chi connectivity index (χ2n) is 1.56. The monoisotopic (exact) mass is 272 g/mol. The van der Waals surface area contributed by atoms with Crippen molar-refractivity contribution in [1.82, 2.24) is 9.97 Å². The average Bonchev–Trinajstić information content (AvgIpc) is 1.85. The van der Waals surface area contributed by atoms with Gasteiger partial charge in [0.25, 0.3) is 0 Å². The third-order valence-corrected chi connectivity index (χ3v) is 1.31. The predicted molar refractivity (Wildman–Crippen MR) is 41.4 cm³/mol. The van der Waals surface area contributed by atoms with Crippen molar-refractivity contribution in [3.8, 4) is 5.88 Å². The van der Waals surface area contributed by atoms with Gasteiger partial charge in [0.1, 0.15) is 3.70 Å². The van der Waals surface area contributed by atoms with E-state index in [-0.39, 0.29) is 5.88 Å². The molecule has 0 spiro atoms. The summed E-state index contributed by atoms with van der Waals surface area (Å²) in [6.07, 6.45) is 2.58. The van der Waals surface area contributed by atoms with Gasteiger partial charge in [-0.15, -0.1) is 0 Å². The molecule has 0 aliphatic rings. The number of halogens is 3. The Hall–Kier alpha value is -0.530. The van der Waals surface area contributed by atoms with Crippen LogP contribution < -0.4 is 4.74 Å². The van der Waals surface area contributed by atoms with Crippen LogP contribution in [0.2, 0.25) is 0 Å². The lowest BCUT2D eigenvalue weighted by Gasteiger charge is -2.00. The van der Waals surface area contributed by atoms with Crippen LogP contribution in [-0.4, -0.2) is 16.6 Å². The van der Waals surface area contributed by atoms with Crippen molar-refractivity contribution in [2.24, 2.45) is 0 Å². The maximum absolute atomic E-state index is 11.6. The second-order valence-corrected chi connectivity index (χ2v) is 2.66. The van der Waals surface area contributed by atoms with Crippen molar-refractivity contribution in [3.05, 3.63) is 16.1 Å². The van der Waals surface area contributed by atoms with Gasteiger partial charge in [-0.05, 0) is 22.6 Å². The molecule has 0 aliphatic heterocycles. The fourth-order valence-corrected chi connectivity index (χ4v) is 0.872. The van der Waals surface area contributed by atoms with Gasteiger partial charge >= 0.3 is 6.61 Å². The van der Waals surface area contributed by atoms with Crippen molar-refractivity contribution in [3.63, 3.8) is 0 Å². The summed E-state index contributed by atoms with van der Waals surface area (Å²) in [5, 5.41) is 0. The van der Waals surface area contributed by atoms with Crippen LogP contribution in [0.25, 0.3) is 0 Å². The first-order valence-corrected chi connectivity index (χ1v) is 3.68. The molecule has 11 heavy (non-hydrogen) atoms. The largest absolute Gasteiger partial charge is 0.415 e. The quantitative estimate of drug-likeness (QED) is 0.768. The Labute approximate surface area is 74.9 Å². The first-order valence-electron chi connectivity index (χ1n) is 2.61. The Morgan fingerprint density at radius 2 is 2.18 bits per heavy atom. The fourth-order valence-electron chi connectivity index (χ4n) is 0.474. The average molecular weight is 272 g/mol. The van der Waals surface area contributed by atoms with Gasteiger partial charge in [0, 0.05) is 0 Å². The molecule has 0 radical (unpaired) electrons. The minimum Gasteiger partial charge on any atom is -0.415 e.